The minimum atomic E-state index is -0.605. The summed E-state index contributed by atoms with van der Waals surface area (Å²) in [5, 5.41) is 3.47. The van der Waals surface area contributed by atoms with Crippen molar-refractivity contribution in [1.82, 2.24) is 4.90 Å². The number of carbonyl (C=O) groups is 1. The fourth-order valence-corrected chi connectivity index (χ4v) is 3.89. The number of benzene rings is 1. The molecule has 0 aromatic heterocycles. The molecule has 108 valence electrons. The summed E-state index contributed by atoms with van der Waals surface area (Å²) in [5.41, 5.74) is 0.352. The molecule has 4 rings (SSSR count). The Morgan fingerprint density at radius 2 is 2.20 bits per heavy atom. The van der Waals surface area contributed by atoms with Crippen molar-refractivity contribution < 1.29 is 9.53 Å². The molecule has 3 fully saturated rings. The highest BCUT2D eigenvalue weighted by atomic mass is 79.9. The Hall–Kier alpha value is -1.07. The number of anilines is 1. The Kier molecular flexibility index (Phi) is 3.73. The van der Waals surface area contributed by atoms with Crippen molar-refractivity contribution in [1.29, 1.82) is 0 Å². The first-order chi connectivity index (χ1) is 9.64. The first kappa shape index (κ1) is 13.9. The van der Waals surface area contributed by atoms with E-state index in [1.807, 2.05) is 24.3 Å². The average Bonchev–Trinajstić information content (AvgIpc) is 2.47. The van der Waals surface area contributed by atoms with Crippen LogP contribution in [0.1, 0.15) is 12.8 Å². The Bertz CT molecular complexity index is 514. The van der Waals surface area contributed by atoms with Crippen molar-refractivity contribution in [2.24, 2.45) is 5.92 Å². The van der Waals surface area contributed by atoms with Gasteiger partial charge in [0.25, 0.3) is 0 Å². The fourth-order valence-electron chi connectivity index (χ4n) is 3.50. The second-order valence-corrected chi connectivity index (χ2v) is 6.56. The number of piperidine rings is 3. The number of halogens is 1. The molecule has 1 N–H and O–H groups in total. The van der Waals surface area contributed by atoms with Gasteiger partial charge in [-0.2, -0.15) is 0 Å². The van der Waals surface area contributed by atoms with Crippen molar-refractivity contribution in [2.75, 3.05) is 32.1 Å². The zero-order chi connectivity index (χ0) is 14.2. The molecule has 1 unspecified atom stereocenters. The highest BCUT2D eigenvalue weighted by Crippen LogP contribution is 2.39. The molecule has 2 bridgehead atoms. The van der Waals surface area contributed by atoms with E-state index in [0.29, 0.717) is 5.92 Å². The van der Waals surface area contributed by atoms with Crippen molar-refractivity contribution in [3.8, 4) is 0 Å². The summed E-state index contributed by atoms with van der Waals surface area (Å²) in [4.78, 5) is 14.8. The Morgan fingerprint density at radius 3 is 2.75 bits per heavy atom. The summed E-state index contributed by atoms with van der Waals surface area (Å²) in [6.45, 7) is 2.91. The minimum Gasteiger partial charge on any atom is -0.467 e. The quantitative estimate of drug-likeness (QED) is 0.860. The molecule has 1 aromatic carbocycles. The summed E-state index contributed by atoms with van der Waals surface area (Å²) in [6.07, 6.45) is 2.10. The lowest BCUT2D eigenvalue weighted by atomic mass is 9.72. The van der Waals surface area contributed by atoms with Gasteiger partial charge in [0.15, 0.2) is 5.54 Å². The Balaban J connectivity index is 1.93. The van der Waals surface area contributed by atoms with E-state index < -0.39 is 5.54 Å². The lowest BCUT2D eigenvalue weighted by molar-refractivity contribution is -0.153. The van der Waals surface area contributed by atoms with Gasteiger partial charge in [-0.05, 0) is 50.0 Å². The van der Waals surface area contributed by atoms with Gasteiger partial charge in [-0.15, -0.1) is 0 Å². The fraction of sp³-hybridized carbons (Fsp3) is 0.533. The zero-order valence-electron chi connectivity index (χ0n) is 11.6. The highest BCUT2D eigenvalue weighted by Gasteiger charge is 2.53. The van der Waals surface area contributed by atoms with Crippen molar-refractivity contribution in [3.05, 3.63) is 28.7 Å². The molecule has 3 aliphatic heterocycles. The third-order valence-electron chi connectivity index (χ3n) is 4.50. The SMILES string of the molecule is COC(=O)C1(Nc2cccc(Br)c2)CN2CCC1CC2. The standard InChI is InChI=1S/C15H19BrN2O2/c1-20-14(19)15(10-18-7-5-11(15)6-8-18)17-13-4-2-3-12(16)9-13/h2-4,9,11,17H,5-8,10H2,1H3. The van der Waals surface area contributed by atoms with Crippen molar-refractivity contribution >= 4 is 27.6 Å². The van der Waals surface area contributed by atoms with Crippen LogP contribution in [0.25, 0.3) is 0 Å². The lowest BCUT2D eigenvalue weighted by Gasteiger charge is -2.51. The maximum Gasteiger partial charge on any atom is 0.333 e. The number of fused-ring (bicyclic) bond motifs is 3. The van der Waals surface area contributed by atoms with E-state index in [1.54, 1.807) is 0 Å². The van der Waals surface area contributed by atoms with Crippen LogP contribution in [0.3, 0.4) is 0 Å². The summed E-state index contributed by atoms with van der Waals surface area (Å²) >= 11 is 3.47. The maximum absolute atomic E-state index is 12.4. The van der Waals surface area contributed by atoms with Crippen LogP contribution in [-0.4, -0.2) is 43.2 Å². The highest BCUT2D eigenvalue weighted by molar-refractivity contribution is 9.10. The molecular weight excluding hydrogens is 320 g/mol. The first-order valence-corrected chi connectivity index (χ1v) is 7.78. The van der Waals surface area contributed by atoms with Gasteiger partial charge in [-0.3, -0.25) is 0 Å². The van der Waals surface area contributed by atoms with Gasteiger partial charge in [0, 0.05) is 16.7 Å². The monoisotopic (exact) mass is 338 g/mol. The second kappa shape index (κ2) is 5.37. The van der Waals surface area contributed by atoms with Crippen LogP contribution in [-0.2, 0) is 9.53 Å². The molecule has 4 nitrogen and oxygen atoms in total. The number of methoxy groups -OCH3 is 1. The Morgan fingerprint density at radius 1 is 1.45 bits per heavy atom. The van der Waals surface area contributed by atoms with Crippen LogP contribution in [0.5, 0.6) is 0 Å². The Labute approximate surface area is 127 Å². The molecule has 3 saturated heterocycles. The van der Waals surface area contributed by atoms with E-state index in [0.717, 1.165) is 42.6 Å². The molecule has 3 heterocycles. The number of esters is 1. The van der Waals surface area contributed by atoms with Crippen LogP contribution in [0.15, 0.2) is 28.7 Å². The third kappa shape index (κ3) is 2.33. The summed E-state index contributed by atoms with van der Waals surface area (Å²) < 4.78 is 6.11. The molecule has 0 radical (unpaired) electrons. The predicted molar refractivity (Wildman–Crippen MR) is 81.7 cm³/mol. The van der Waals surface area contributed by atoms with Crippen LogP contribution < -0.4 is 5.32 Å². The average molecular weight is 339 g/mol. The van der Waals surface area contributed by atoms with E-state index in [1.165, 1.54) is 7.11 Å². The molecule has 3 aliphatic rings. The van der Waals surface area contributed by atoms with Gasteiger partial charge >= 0.3 is 5.97 Å². The topological polar surface area (TPSA) is 41.6 Å². The summed E-state index contributed by atoms with van der Waals surface area (Å²) in [6, 6.07) is 7.95. The molecule has 20 heavy (non-hydrogen) atoms. The number of hydrogen-bond donors (Lipinski definition) is 1. The lowest BCUT2D eigenvalue weighted by Crippen LogP contribution is -2.67. The van der Waals surface area contributed by atoms with Crippen LogP contribution in [0, 0.1) is 5.92 Å². The van der Waals surface area contributed by atoms with Gasteiger partial charge in [0.2, 0.25) is 0 Å². The molecule has 1 atom stereocenters. The zero-order valence-corrected chi connectivity index (χ0v) is 13.1. The summed E-state index contributed by atoms with van der Waals surface area (Å²) in [7, 11) is 1.48. The predicted octanol–water partition coefficient (Wildman–Crippen LogP) is 2.50. The molecule has 0 aliphatic carbocycles. The first-order valence-electron chi connectivity index (χ1n) is 6.98. The molecule has 0 spiro atoms. The summed E-state index contributed by atoms with van der Waals surface area (Å²) in [5.74, 6) is 0.200. The van der Waals surface area contributed by atoms with E-state index in [2.05, 4.69) is 26.1 Å². The minimum absolute atomic E-state index is 0.146. The van der Waals surface area contributed by atoms with Gasteiger partial charge in [0.05, 0.1) is 7.11 Å². The smallest absolute Gasteiger partial charge is 0.333 e. The molecule has 0 amide bonds. The molecule has 5 heteroatoms. The number of rotatable bonds is 3. The third-order valence-corrected chi connectivity index (χ3v) is 4.99. The number of nitrogens with zero attached hydrogens (tertiary/aromatic N) is 1. The van der Waals surface area contributed by atoms with Crippen LogP contribution in [0.2, 0.25) is 0 Å². The number of ether oxygens (including phenoxy) is 1. The van der Waals surface area contributed by atoms with Crippen LogP contribution >= 0.6 is 15.9 Å². The maximum atomic E-state index is 12.4. The van der Waals surface area contributed by atoms with Gasteiger partial charge in [0.1, 0.15) is 0 Å². The molecule has 0 saturated carbocycles. The molecule has 1 aromatic rings. The van der Waals surface area contributed by atoms with E-state index in [9.17, 15) is 4.79 Å². The van der Waals surface area contributed by atoms with Crippen LogP contribution in [0.4, 0.5) is 5.69 Å². The van der Waals surface area contributed by atoms with Gasteiger partial charge < -0.3 is 15.0 Å². The second-order valence-electron chi connectivity index (χ2n) is 5.65. The number of hydrogen-bond acceptors (Lipinski definition) is 4. The van der Waals surface area contributed by atoms with E-state index in [-0.39, 0.29) is 5.97 Å². The largest absolute Gasteiger partial charge is 0.467 e. The number of carbonyl (C=O) groups excluding carboxylic acids is 1. The molecular formula is C15H19BrN2O2. The van der Waals surface area contributed by atoms with Crippen molar-refractivity contribution in [3.63, 3.8) is 0 Å². The van der Waals surface area contributed by atoms with E-state index in [4.69, 9.17) is 4.74 Å². The van der Waals surface area contributed by atoms with Gasteiger partial charge in [-0.25, -0.2) is 4.79 Å². The normalized spacial score (nSPS) is 31.9. The van der Waals surface area contributed by atoms with Gasteiger partial charge in [-0.1, -0.05) is 22.0 Å². The number of nitrogens with one attached hydrogen (secondary N) is 1. The van der Waals surface area contributed by atoms with E-state index >= 15 is 0 Å². The van der Waals surface area contributed by atoms with Crippen molar-refractivity contribution in [2.45, 2.75) is 18.4 Å².